The van der Waals surface area contributed by atoms with Crippen molar-refractivity contribution >= 4 is 29.3 Å². The number of carbonyl (C=O) groups is 3. The number of nitrogens with zero attached hydrogens (tertiary/aromatic N) is 2. The summed E-state index contributed by atoms with van der Waals surface area (Å²) in [4.78, 5) is 42.1. The maximum atomic E-state index is 15.5. The lowest BCUT2D eigenvalue weighted by atomic mass is 9.90. The van der Waals surface area contributed by atoms with Crippen molar-refractivity contribution in [3.05, 3.63) is 78.4 Å². The van der Waals surface area contributed by atoms with Crippen LogP contribution in [0.3, 0.4) is 0 Å². The number of aromatic nitrogens is 1. The van der Waals surface area contributed by atoms with Crippen LogP contribution in [0.4, 0.5) is 19.7 Å². The van der Waals surface area contributed by atoms with Gasteiger partial charge in [0, 0.05) is 37.0 Å². The third kappa shape index (κ3) is 5.06. The second kappa shape index (κ2) is 9.74. The molecule has 1 aromatic carbocycles. The Morgan fingerprint density at radius 1 is 1.21 bits per heavy atom. The molecule has 0 radical (unpaired) electrons. The number of hydrogen-bond acceptors (Lipinski definition) is 5. The van der Waals surface area contributed by atoms with Crippen molar-refractivity contribution < 1.29 is 23.5 Å². The van der Waals surface area contributed by atoms with E-state index in [1.54, 1.807) is 48.6 Å². The van der Waals surface area contributed by atoms with Crippen molar-refractivity contribution in [2.24, 2.45) is 0 Å². The maximum absolute atomic E-state index is 15.5. The van der Waals surface area contributed by atoms with Crippen LogP contribution >= 0.6 is 0 Å². The van der Waals surface area contributed by atoms with Gasteiger partial charge in [0.25, 0.3) is 0 Å². The highest BCUT2D eigenvalue weighted by atomic mass is 19.1. The van der Waals surface area contributed by atoms with Crippen molar-refractivity contribution in [2.75, 3.05) is 18.4 Å². The summed E-state index contributed by atoms with van der Waals surface area (Å²) in [7, 11) is 0. The predicted molar refractivity (Wildman–Crippen MR) is 123 cm³/mol. The highest BCUT2D eigenvalue weighted by molar-refractivity contribution is 5.91. The SMILES string of the molecule is CC(=O)NC[C@H]1CN(C2(NC(=O)Nc3ccncc3)C=CC(c3ccccc3)=C(F)C2)C(=O)O1. The number of pyridine rings is 1. The van der Waals surface area contributed by atoms with Crippen LogP contribution in [-0.2, 0) is 9.53 Å². The molecule has 9 nitrogen and oxygen atoms in total. The van der Waals surface area contributed by atoms with Crippen LogP contribution in [0.2, 0.25) is 0 Å². The number of benzene rings is 1. The van der Waals surface area contributed by atoms with E-state index < -0.39 is 29.7 Å². The quantitative estimate of drug-likeness (QED) is 0.607. The molecule has 1 unspecified atom stereocenters. The lowest BCUT2D eigenvalue weighted by molar-refractivity contribution is -0.119. The van der Waals surface area contributed by atoms with E-state index in [0.29, 0.717) is 16.8 Å². The van der Waals surface area contributed by atoms with E-state index in [4.69, 9.17) is 4.74 Å². The number of rotatable bonds is 6. The van der Waals surface area contributed by atoms with Gasteiger partial charge < -0.3 is 20.7 Å². The van der Waals surface area contributed by atoms with E-state index in [1.165, 1.54) is 24.2 Å². The second-order valence-corrected chi connectivity index (χ2v) is 7.99. The highest BCUT2D eigenvalue weighted by Crippen LogP contribution is 2.37. The molecular formula is C24H24FN5O4. The molecule has 2 aromatic rings. The van der Waals surface area contributed by atoms with Gasteiger partial charge in [0.2, 0.25) is 5.91 Å². The third-order valence-corrected chi connectivity index (χ3v) is 5.53. The molecular weight excluding hydrogens is 441 g/mol. The largest absolute Gasteiger partial charge is 0.442 e. The zero-order valence-electron chi connectivity index (χ0n) is 18.5. The van der Waals surface area contributed by atoms with Crippen LogP contribution in [0, 0.1) is 0 Å². The number of nitrogens with one attached hydrogen (secondary N) is 3. The van der Waals surface area contributed by atoms with Gasteiger partial charge in [-0.1, -0.05) is 36.4 Å². The lowest BCUT2D eigenvalue weighted by Crippen LogP contribution is -2.61. The normalized spacial score (nSPS) is 21.8. The first-order chi connectivity index (χ1) is 16.4. The van der Waals surface area contributed by atoms with E-state index in [-0.39, 0.29) is 25.4 Å². The van der Waals surface area contributed by atoms with Crippen molar-refractivity contribution in [2.45, 2.75) is 25.1 Å². The molecule has 2 aliphatic rings. The average molecular weight is 465 g/mol. The molecule has 1 aliphatic carbocycles. The van der Waals surface area contributed by atoms with Crippen molar-refractivity contribution in [1.29, 1.82) is 0 Å². The van der Waals surface area contributed by atoms with Gasteiger partial charge >= 0.3 is 12.1 Å². The Morgan fingerprint density at radius 2 is 1.94 bits per heavy atom. The molecule has 2 atom stereocenters. The second-order valence-electron chi connectivity index (χ2n) is 7.99. The van der Waals surface area contributed by atoms with Gasteiger partial charge in [0.15, 0.2) is 0 Å². The van der Waals surface area contributed by atoms with Crippen LogP contribution in [-0.4, -0.2) is 52.8 Å². The van der Waals surface area contributed by atoms with Crippen molar-refractivity contribution in [3.8, 4) is 0 Å². The summed E-state index contributed by atoms with van der Waals surface area (Å²) in [6, 6.07) is 11.6. The zero-order chi connectivity index (χ0) is 24.1. The molecule has 0 spiro atoms. The number of carbonyl (C=O) groups excluding carboxylic acids is 3. The van der Waals surface area contributed by atoms with Crippen molar-refractivity contribution in [3.63, 3.8) is 0 Å². The Bertz CT molecular complexity index is 1140. The fourth-order valence-electron chi connectivity index (χ4n) is 3.92. The van der Waals surface area contributed by atoms with Gasteiger partial charge in [-0.3, -0.25) is 14.7 Å². The van der Waals surface area contributed by atoms with Gasteiger partial charge in [0.05, 0.1) is 13.1 Å². The van der Waals surface area contributed by atoms with Crippen LogP contribution in [0.25, 0.3) is 5.57 Å². The Kier molecular flexibility index (Phi) is 6.58. The van der Waals surface area contributed by atoms with E-state index in [2.05, 4.69) is 20.9 Å². The zero-order valence-corrected chi connectivity index (χ0v) is 18.5. The molecule has 0 bridgehead atoms. The summed E-state index contributed by atoms with van der Waals surface area (Å²) in [6.45, 7) is 1.51. The number of ether oxygens (including phenoxy) is 1. The average Bonchev–Trinajstić information content (AvgIpc) is 3.20. The number of urea groups is 1. The molecule has 1 aliphatic heterocycles. The number of anilines is 1. The third-order valence-electron chi connectivity index (χ3n) is 5.53. The first-order valence-corrected chi connectivity index (χ1v) is 10.7. The number of halogens is 1. The molecule has 1 fully saturated rings. The summed E-state index contributed by atoms with van der Waals surface area (Å²) in [6.07, 6.45) is 4.52. The van der Waals surface area contributed by atoms with Crippen LogP contribution in [0.5, 0.6) is 0 Å². The fraction of sp³-hybridized carbons (Fsp3) is 0.250. The smallest absolute Gasteiger partial charge is 0.412 e. The molecule has 34 heavy (non-hydrogen) atoms. The molecule has 4 rings (SSSR count). The maximum Gasteiger partial charge on any atom is 0.412 e. The Balaban J connectivity index is 1.60. The van der Waals surface area contributed by atoms with E-state index in [1.807, 2.05) is 6.07 Å². The highest BCUT2D eigenvalue weighted by Gasteiger charge is 2.48. The standard InChI is InChI=1S/C24H24FN5O4/c1-16(31)27-14-19-15-30(23(33)34-19)24(29-22(32)28-18-8-11-26-12-9-18)10-7-20(21(25)13-24)17-5-3-2-4-6-17/h2-12,19H,13-15H2,1H3,(H,27,31)(H2,26,28,29,32)/t19-,24?/m0/s1. The van der Waals surface area contributed by atoms with E-state index in [0.717, 1.165) is 0 Å². The van der Waals surface area contributed by atoms with Gasteiger partial charge in [-0.25, -0.2) is 14.0 Å². The summed E-state index contributed by atoms with van der Waals surface area (Å²) in [5.41, 5.74) is 0.0196. The Labute approximate surface area is 195 Å². The summed E-state index contributed by atoms with van der Waals surface area (Å²) < 4.78 is 20.8. The van der Waals surface area contributed by atoms with Gasteiger partial charge in [-0.2, -0.15) is 0 Å². The molecule has 1 saturated heterocycles. The molecule has 2 heterocycles. The van der Waals surface area contributed by atoms with Crippen LogP contribution in [0.15, 0.2) is 72.8 Å². The minimum Gasteiger partial charge on any atom is -0.442 e. The molecule has 176 valence electrons. The number of allylic oxidation sites excluding steroid dienone is 2. The predicted octanol–water partition coefficient (Wildman–Crippen LogP) is 3.20. The summed E-state index contributed by atoms with van der Waals surface area (Å²) in [5.74, 6) is -0.755. The van der Waals surface area contributed by atoms with Gasteiger partial charge in [-0.05, 0) is 23.8 Å². The fourth-order valence-corrected chi connectivity index (χ4v) is 3.92. The van der Waals surface area contributed by atoms with Gasteiger partial charge in [-0.15, -0.1) is 0 Å². The van der Waals surface area contributed by atoms with E-state index >= 15 is 4.39 Å². The molecule has 3 N–H and O–H groups in total. The first-order valence-electron chi connectivity index (χ1n) is 10.7. The van der Waals surface area contributed by atoms with Crippen LogP contribution in [0.1, 0.15) is 18.9 Å². The first kappa shape index (κ1) is 23.0. The van der Waals surface area contributed by atoms with Crippen LogP contribution < -0.4 is 16.0 Å². The molecule has 10 heteroatoms. The van der Waals surface area contributed by atoms with Gasteiger partial charge in [0.1, 0.15) is 17.6 Å². The summed E-state index contributed by atoms with van der Waals surface area (Å²) in [5, 5.41) is 8.02. The molecule has 4 amide bonds. The monoisotopic (exact) mass is 465 g/mol. The summed E-state index contributed by atoms with van der Waals surface area (Å²) >= 11 is 0. The lowest BCUT2D eigenvalue weighted by Gasteiger charge is -2.40. The number of cyclic esters (lactones) is 1. The van der Waals surface area contributed by atoms with E-state index in [9.17, 15) is 14.4 Å². The number of amides is 4. The number of hydrogen-bond donors (Lipinski definition) is 3. The molecule has 0 saturated carbocycles. The Morgan fingerprint density at radius 3 is 2.62 bits per heavy atom. The minimum atomic E-state index is -1.51. The molecule has 1 aromatic heterocycles. The minimum absolute atomic E-state index is 0.0486. The van der Waals surface area contributed by atoms with Crippen molar-refractivity contribution in [1.82, 2.24) is 20.5 Å². The topological polar surface area (TPSA) is 113 Å². The Hall–Kier alpha value is -4.21.